The first-order valence-corrected chi connectivity index (χ1v) is 13.4. The Kier molecular flexibility index (Phi) is 6.75. The van der Waals surface area contributed by atoms with Gasteiger partial charge in [0.1, 0.15) is 11.4 Å². The molecule has 196 valence electrons. The second kappa shape index (κ2) is 10.5. The predicted molar refractivity (Wildman–Crippen MR) is 149 cm³/mol. The third kappa shape index (κ3) is 5.22. The third-order valence-electron chi connectivity index (χ3n) is 7.57. The van der Waals surface area contributed by atoms with Gasteiger partial charge < -0.3 is 14.5 Å². The number of amides is 2. The molecule has 4 aromatic rings. The minimum absolute atomic E-state index is 0.0105. The van der Waals surface area contributed by atoms with E-state index in [1.807, 2.05) is 52.3 Å². The van der Waals surface area contributed by atoms with E-state index in [4.69, 9.17) is 16.3 Å². The molecule has 0 aliphatic carbocycles. The maximum absolute atomic E-state index is 13.4. The molecule has 2 amide bonds. The highest BCUT2D eigenvalue weighted by molar-refractivity contribution is 6.30. The number of aromatic nitrogens is 2. The number of carbonyl (C=O) groups excluding carboxylic acids is 2. The number of nitrogens with zero attached hydrogens (tertiary/aromatic N) is 4. The van der Waals surface area contributed by atoms with Crippen LogP contribution in [-0.2, 0) is 0 Å². The van der Waals surface area contributed by atoms with E-state index in [9.17, 15) is 9.59 Å². The second-order valence-corrected chi connectivity index (χ2v) is 10.6. The summed E-state index contributed by atoms with van der Waals surface area (Å²) >= 11 is 5.87. The summed E-state index contributed by atoms with van der Waals surface area (Å²) in [7, 11) is 0. The molecule has 0 N–H and O–H groups in total. The van der Waals surface area contributed by atoms with Crippen LogP contribution in [0.15, 0.2) is 91.3 Å². The van der Waals surface area contributed by atoms with Crippen LogP contribution in [0.1, 0.15) is 33.7 Å². The van der Waals surface area contributed by atoms with Crippen LogP contribution in [0.4, 0.5) is 0 Å². The van der Waals surface area contributed by atoms with Crippen LogP contribution < -0.4 is 4.74 Å². The Balaban J connectivity index is 1.04. The Morgan fingerprint density at radius 2 is 1.54 bits per heavy atom. The Labute approximate surface area is 232 Å². The molecule has 0 radical (unpaired) electrons. The number of piperidine rings is 1. The van der Waals surface area contributed by atoms with Crippen molar-refractivity contribution in [3.63, 3.8) is 0 Å². The third-order valence-corrected chi connectivity index (χ3v) is 7.79. The molecule has 39 heavy (non-hydrogen) atoms. The van der Waals surface area contributed by atoms with E-state index < -0.39 is 0 Å². The standard InChI is InChI=1S/C31H27ClN4O3/c32-24-10-13-27(34-19-24)39-25-11-8-23(9-12-25)29(37)36-20-31(21-36)14-17-35(18-15-31)30(38)28-26(7-4-16-33-28)22-5-2-1-3-6-22/h1-13,16,19H,14-15,17-18,20-21H2. The molecule has 2 aliphatic rings. The van der Waals surface area contributed by atoms with Gasteiger partial charge in [0.2, 0.25) is 5.88 Å². The average molecular weight is 539 g/mol. The van der Waals surface area contributed by atoms with E-state index in [2.05, 4.69) is 9.97 Å². The summed E-state index contributed by atoms with van der Waals surface area (Å²) in [5.41, 5.74) is 3.02. The molecule has 6 rings (SSSR count). The topological polar surface area (TPSA) is 75.6 Å². The van der Waals surface area contributed by atoms with Crippen molar-refractivity contribution in [1.29, 1.82) is 0 Å². The summed E-state index contributed by atoms with van der Waals surface area (Å²) < 4.78 is 5.72. The molecule has 0 unspecified atom stereocenters. The van der Waals surface area contributed by atoms with Crippen molar-refractivity contribution in [2.24, 2.45) is 5.41 Å². The van der Waals surface area contributed by atoms with E-state index in [-0.39, 0.29) is 17.2 Å². The molecule has 0 bridgehead atoms. The summed E-state index contributed by atoms with van der Waals surface area (Å²) in [6, 6.07) is 24.2. The zero-order valence-corrected chi connectivity index (χ0v) is 22.1. The number of halogens is 1. The van der Waals surface area contributed by atoms with Crippen LogP contribution in [0.3, 0.4) is 0 Å². The van der Waals surface area contributed by atoms with Gasteiger partial charge in [-0.25, -0.2) is 4.98 Å². The molecule has 1 spiro atoms. The second-order valence-electron chi connectivity index (χ2n) is 10.2. The first-order valence-electron chi connectivity index (χ1n) is 13.0. The molecular weight excluding hydrogens is 512 g/mol. The molecule has 2 saturated heterocycles. The summed E-state index contributed by atoms with van der Waals surface area (Å²) in [5, 5.41) is 0.540. The number of benzene rings is 2. The highest BCUT2D eigenvalue weighted by Gasteiger charge is 2.47. The Morgan fingerprint density at radius 1 is 0.795 bits per heavy atom. The number of rotatable bonds is 5. The summed E-state index contributed by atoms with van der Waals surface area (Å²) in [4.78, 5) is 38.8. The van der Waals surface area contributed by atoms with Gasteiger partial charge in [0.15, 0.2) is 0 Å². The maximum atomic E-state index is 13.4. The van der Waals surface area contributed by atoms with Crippen molar-refractivity contribution in [2.75, 3.05) is 26.2 Å². The van der Waals surface area contributed by atoms with Crippen LogP contribution in [0.5, 0.6) is 11.6 Å². The van der Waals surface area contributed by atoms with Crippen LogP contribution in [0.2, 0.25) is 5.02 Å². The molecule has 8 heteroatoms. The Hall–Kier alpha value is -4.23. The van der Waals surface area contributed by atoms with Gasteiger partial charge in [-0.1, -0.05) is 48.0 Å². The van der Waals surface area contributed by atoms with Gasteiger partial charge >= 0.3 is 0 Å². The van der Waals surface area contributed by atoms with Crippen molar-refractivity contribution in [2.45, 2.75) is 12.8 Å². The fourth-order valence-corrected chi connectivity index (χ4v) is 5.49. The monoisotopic (exact) mass is 538 g/mol. The highest BCUT2D eigenvalue weighted by atomic mass is 35.5. The predicted octanol–water partition coefficient (Wildman–Crippen LogP) is 5.97. The van der Waals surface area contributed by atoms with Gasteiger partial charge in [0.25, 0.3) is 11.8 Å². The normalized spacial score (nSPS) is 16.0. The van der Waals surface area contributed by atoms with Gasteiger partial charge in [0.05, 0.1) is 5.02 Å². The first kappa shape index (κ1) is 25.1. The van der Waals surface area contributed by atoms with Gasteiger partial charge in [-0.2, -0.15) is 0 Å². The van der Waals surface area contributed by atoms with E-state index in [0.717, 1.165) is 24.0 Å². The summed E-state index contributed by atoms with van der Waals surface area (Å²) in [5.74, 6) is 1.01. The zero-order chi connectivity index (χ0) is 26.8. The molecule has 0 atom stereocenters. The number of pyridine rings is 2. The van der Waals surface area contributed by atoms with Gasteiger partial charge in [-0.05, 0) is 54.8 Å². The van der Waals surface area contributed by atoms with Crippen LogP contribution >= 0.6 is 11.6 Å². The largest absolute Gasteiger partial charge is 0.439 e. The minimum Gasteiger partial charge on any atom is -0.439 e. The van der Waals surface area contributed by atoms with E-state index in [0.29, 0.717) is 54.1 Å². The van der Waals surface area contributed by atoms with Crippen molar-refractivity contribution in [3.05, 3.63) is 108 Å². The van der Waals surface area contributed by atoms with Gasteiger partial charge in [0, 0.05) is 61.2 Å². The number of hydrogen-bond acceptors (Lipinski definition) is 5. The van der Waals surface area contributed by atoms with Crippen molar-refractivity contribution >= 4 is 23.4 Å². The lowest BCUT2D eigenvalue weighted by Crippen LogP contribution is -2.62. The van der Waals surface area contributed by atoms with Crippen molar-refractivity contribution in [1.82, 2.24) is 19.8 Å². The fraction of sp³-hybridized carbons (Fsp3) is 0.226. The summed E-state index contributed by atoms with van der Waals surface area (Å²) in [6.45, 7) is 2.74. The summed E-state index contributed by atoms with van der Waals surface area (Å²) in [6.07, 6.45) is 4.94. The minimum atomic E-state index is -0.0346. The smallest absolute Gasteiger partial charge is 0.273 e. The maximum Gasteiger partial charge on any atom is 0.273 e. The molecule has 7 nitrogen and oxygen atoms in total. The number of likely N-dealkylation sites (tertiary alicyclic amines) is 2. The fourth-order valence-electron chi connectivity index (χ4n) is 5.38. The molecular formula is C31H27ClN4O3. The van der Waals surface area contributed by atoms with Crippen molar-refractivity contribution in [3.8, 4) is 22.8 Å². The van der Waals surface area contributed by atoms with Gasteiger partial charge in [-0.15, -0.1) is 0 Å². The Morgan fingerprint density at radius 3 is 2.23 bits per heavy atom. The van der Waals surface area contributed by atoms with E-state index in [1.54, 1.807) is 42.6 Å². The molecule has 2 aromatic heterocycles. The molecule has 0 saturated carbocycles. The Bertz CT molecular complexity index is 1480. The number of ether oxygens (including phenoxy) is 1. The van der Waals surface area contributed by atoms with Crippen LogP contribution in [0.25, 0.3) is 11.1 Å². The zero-order valence-electron chi connectivity index (χ0n) is 21.3. The molecule has 4 heterocycles. The average Bonchev–Trinajstić information content (AvgIpc) is 2.97. The van der Waals surface area contributed by atoms with Crippen molar-refractivity contribution < 1.29 is 14.3 Å². The first-order chi connectivity index (χ1) is 19.0. The molecule has 2 aromatic carbocycles. The lowest BCUT2D eigenvalue weighted by atomic mass is 9.71. The van der Waals surface area contributed by atoms with E-state index in [1.165, 1.54) is 6.20 Å². The van der Waals surface area contributed by atoms with Crippen LogP contribution in [-0.4, -0.2) is 57.8 Å². The number of carbonyl (C=O) groups is 2. The number of hydrogen-bond donors (Lipinski definition) is 0. The molecule has 2 aliphatic heterocycles. The van der Waals surface area contributed by atoms with E-state index >= 15 is 0 Å². The SMILES string of the molecule is O=C(c1ccc(Oc2ccc(Cl)cn2)cc1)N1CC2(CCN(C(=O)c3ncccc3-c3ccccc3)CC2)C1. The highest BCUT2D eigenvalue weighted by Crippen LogP contribution is 2.41. The quantitative estimate of drug-likeness (QED) is 0.313. The van der Waals surface area contributed by atoms with Gasteiger partial charge in [-0.3, -0.25) is 14.6 Å². The van der Waals surface area contributed by atoms with Crippen LogP contribution in [0, 0.1) is 5.41 Å². The molecule has 2 fully saturated rings. The lowest BCUT2D eigenvalue weighted by molar-refractivity contribution is -0.0288. The lowest BCUT2D eigenvalue weighted by Gasteiger charge is -2.54.